The summed E-state index contributed by atoms with van der Waals surface area (Å²) in [5.41, 5.74) is -1.07. The third-order valence-corrected chi connectivity index (χ3v) is 2.25. The zero-order valence-electron chi connectivity index (χ0n) is 11.4. The number of aryl methyl sites for hydroxylation is 1. The van der Waals surface area contributed by atoms with Crippen molar-refractivity contribution in [1.29, 1.82) is 0 Å². The highest BCUT2D eigenvalue weighted by molar-refractivity contribution is 5.81. The number of anilines is 2. The lowest BCUT2D eigenvalue weighted by molar-refractivity contribution is -0.141. The Morgan fingerprint density at radius 2 is 1.89 bits per heavy atom. The Hall–Kier alpha value is -1.85. The minimum atomic E-state index is -1.07. The predicted octanol–water partition coefficient (Wildman–Crippen LogP) is 1.88. The summed E-state index contributed by atoms with van der Waals surface area (Å²) in [6, 6.07) is 1.96. The summed E-state index contributed by atoms with van der Waals surface area (Å²) in [6.07, 6.45) is 0. The van der Waals surface area contributed by atoms with Crippen LogP contribution in [0.1, 0.15) is 33.5 Å². The summed E-state index contributed by atoms with van der Waals surface area (Å²) in [4.78, 5) is 19.5. The van der Waals surface area contributed by atoms with Crippen molar-refractivity contribution in [3.63, 3.8) is 0 Å². The summed E-state index contributed by atoms with van der Waals surface area (Å²) >= 11 is 0. The first-order valence-corrected chi connectivity index (χ1v) is 5.84. The van der Waals surface area contributed by atoms with Crippen LogP contribution in [-0.4, -0.2) is 32.6 Å². The zero-order valence-corrected chi connectivity index (χ0v) is 11.4. The van der Waals surface area contributed by atoms with Crippen LogP contribution in [0.3, 0.4) is 0 Å². The van der Waals surface area contributed by atoms with Crippen molar-refractivity contribution < 1.29 is 9.90 Å². The molecule has 1 rings (SSSR count). The van der Waals surface area contributed by atoms with Gasteiger partial charge in [-0.15, -0.1) is 0 Å². The number of hydrogen-bond donors (Lipinski definition) is 3. The maximum absolute atomic E-state index is 11.1. The molecule has 100 valence electrons. The number of carbonyl (C=O) groups is 1. The van der Waals surface area contributed by atoms with Gasteiger partial charge in [0.25, 0.3) is 0 Å². The molecule has 1 aromatic heterocycles. The quantitative estimate of drug-likeness (QED) is 0.741. The van der Waals surface area contributed by atoms with Crippen molar-refractivity contribution in [3.05, 3.63) is 11.9 Å². The molecule has 0 aliphatic carbocycles. The zero-order chi connectivity index (χ0) is 13.9. The van der Waals surface area contributed by atoms with Gasteiger partial charge in [-0.1, -0.05) is 0 Å². The largest absolute Gasteiger partial charge is 0.480 e. The molecule has 0 aromatic carbocycles. The van der Waals surface area contributed by atoms with Crippen molar-refractivity contribution in [1.82, 2.24) is 9.97 Å². The van der Waals surface area contributed by atoms with Crippen LogP contribution >= 0.6 is 0 Å². The van der Waals surface area contributed by atoms with Gasteiger partial charge in [0.1, 0.15) is 23.0 Å². The first-order valence-electron chi connectivity index (χ1n) is 5.84. The molecule has 1 aromatic rings. The average molecular weight is 252 g/mol. The topological polar surface area (TPSA) is 87.1 Å². The van der Waals surface area contributed by atoms with Gasteiger partial charge in [-0.05, 0) is 34.6 Å². The highest BCUT2D eigenvalue weighted by Crippen LogP contribution is 2.17. The van der Waals surface area contributed by atoms with E-state index in [0.717, 1.165) is 0 Å². The number of aromatic nitrogens is 2. The lowest BCUT2D eigenvalue weighted by Crippen LogP contribution is -2.40. The van der Waals surface area contributed by atoms with Crippen LogP contribution in [-0.2, 0) is 4.79 Å². The van der Waals surface area contributed by atoms with Gasteiger partial charge in [-0.25, -0.2) is 14.8 Å². The Morgan fingerprint density at radius 3 is 2.39 bits per heavy atom. The van der Waals surface area contributed by atoms with Crippen LogP contribution < -0.4 is 10.6 Å². The molecule has 0 fully saturated rings. The molecule has 0 radical (unpaired) electrons. The van der Waals surface area contributed by atoms with Gasteiger partial charge < -0.3 is 15.7 Å². The summed E-state index contributed by atoms with van der Waals surface area (Å²) in [6.45, 7) is 8.95. The number of carboxylic acid groups (broad SMARTS) is 1. The van der Waals surface area contributed by atoms with Crippen LogP contribution in [0.2, 0.25) is 0 Å². The van der Waals surface area contributed by atoms with E-state index in [9.17, 15) is 4.79 Å². The molecule has 6 heteroatoms. The number of carboxylic acids is 1. The first-order chi connectivity index (χ1) is 8.20. The second kappa shape index (κ2) is 5.20. The van der Waals surface area contributed by atoms with E-state index in [0.29, 0.717) is 17.5 Å². The Labute approximate surface area is 107 Å². The van der Waals surface area contributed by atoms with E-state index < -0.39 is 11.5 Å². The second-order valence-corrected chi connectivity index (χ2v) is 5.04. The van der Waals surface area contributed by atoms with Crippen LogP contribution in [0.4, 0.5) is 11.6 Å². The van der Waals surface area contributed by atoms with E-state index in [4.69, 9.17) is 5.11 Å². The van der Waals surface area contributed by atoms with Gasteiger partial charge in [0.2, 0.25) is 0 Å². The van der Waals surface area contributed by atoms with Crippen molar-refractivity contribution in [3.8, 4) is 0 Å². The maximum atomic E-state index is 11.1. The fraction of sp³-hybridized carbons (Fsp3) is 0.583. The highest BCUT2D eigenvalue weighted by atomic mass is 16.4. The molecule has 0 saturated carbocycles. The van der Waals surface area contributed by atoms with Gasteiger partial charge in [0.05, 0.1) is 0 Å². The van der Waals surface area contributed by atoms with Crippen LogP contribution in [0.5, 0.6) is 0 Å². The molecule has 0 unspecified atom stereocenters. The van der Waals surface area contributed by atoms with Gasteiger partial charge in [0, 0.05) is 12.1 Å². The number of nitrogens with zero attached hydrogens (tertiary/aromatic N) is 2. The average Bonchev–Trinajstić information content (AvgIpc) is 2.13. The Bertz CT molecular complexity index is 444. The van der Waals surface area contributed by atoms with E-state index in [-0.39, 0.29) is 6.04 Å². The Balaban J connectivity index is 2.96. The molecular weight excluding hydrogens is 232 g/mol. The van der Waals surface area contributed by atoms with Gasteiger partial charge >= 0.3 is 5.97 Å². The van der Waals surface area contributed by atoms with Crippen LogP contribution in [0.15, 0.2) is 6.07 Å². The lowest BCUT2D eigenvalue weighted by atomic mass is 10.1. The van der Waals surface area contributed by atoms with Gasteiger partial charge in [0.15, 0.2) is 0 Å². The summed E-state index contributed by atoms with van der Waals surface area (Å²) in [7, 11) is 0. The number of aliphatic carboxylic acids is 1. The van der Waals surface area contributed by atoms with E-state index in [1.54, 1.807) is 26.8 Å². The highest BCUT2D eigenvalue weighted by Gasteiger charge is 2.27. The number of hydrogen-bond acceptors (Lipinski definition) is 5. The van der Waals surface area contributed by atoms with Gasteiger partial charge in [-0.3, -0.25) is 0 Å². The molecule has 0 amide bonds. The normalized spacial score (nSPS) is 11.4. The fourth-order valence-corrected chi connectivity index (χ4v) is 1.38. The molecule has 0 saturated heterocycles. The summed E-state index contributed by atoms with van der Waals surface area (Å²) in [5.74, 6) is 0.834. The van der Waals surface area contributed by atoms with Crippen molar-refractivity contribution >= 4 is 17.6 Å². The number of nitrogens with one attached hydrogen (secondary N) is 2. The molecule has 0 spiro atoms. The molecule has 0 aliphatic heterocycles. The molecule has 0 aliphatic rings. The summed E-state index contributed by atoms with van der Waals surface area (Å²) in [5, 5.41) is 15.1. The first kappa shape index (κ1) is 14.2. The predicted molar refractivity (Wildman–Crippen MR) is 70.9 cm³/mol. The van der Waals surface area contributed by atoms with Crippen LogP contribution in [0, 0.1) is 6.92 Å². The van der Waals surface area contributed by atoms with Gasteiger partial charge in [-0.2, -0.15) is 0 Å². The van der Waals surface area contributed by atoms with Crippen molar-refractivity contribution in [2.75, 3.05) is 10.6 Å². The van der Waals surface area contributed by atoms with Crippen LogP contribution in [0.25, 0.3) is 0 Å². The second-order valence-electron chi connectivity index (χ2n) is 5.04. The van der Waals surface area contributed by atoms with E-state index in [1.807, 2.05) is 13.8 Å². The smallest absolute Gasteiger partial charge is 0.328 e. The van der Waals surface area contributed by atoms with E-state index >= 15 is 0 Å². The lowest BCUT2D eigenvalue weighted by Gasteiger charge is -2.22. The minimum Gasteiger partial charge on any atom is -0.480 e. The molecule has 1 heterocycles. The molecule has 18 heavy (non-hydrogen) atoms. The SMILES string of the molecule is Cc1nc(NC(C)C)cc(NC(C)(C)C(=O)O)n1. The Morgan fingerprint density at radius 1 is 1.33 bits per heavy atom. The minimum absolute atomic E-state index is 0.250. The third-order valence-electron chi connectivity index (χ3n) is 2.25. The monoisotopic (exact) mass is 252 g/mol. The number of rotatable bonds is 5. The molecule has 3 N–H and O–H groups in total. The van der Waals surface area contributed by atoms with Crippen molar-refractivity contribution in [2.45, 2.75) is 46.2 Å². The van der Waals surface area contributed by atoms with E-state index in [2.05, 4.69) is 20.6 Å². The summed E-state index contributed by atoms with van der Waals surface area (Å²) < 4.78 is 0. The maximum Gasteiger partial charge on any atom is 0.328 e. The third kappa shape index (κ3) is 3.87. The molecule has 6 nitrogen and oxygen atoms in total. The molecule has 0 atom stereocenters. The fourth-order valence-electron chi connectivity index (χ4n) is 1.38. The van der Waals surface area contributed by atoms with Crippen molar-refractivity contribution in [2.24, 2.45) is 0 Å². The molecular formula is C12H20N4O2. The standard InChI is InChI=1S/C12H20N4O2/c1-7(2)13-9-6-10(15-8(3)14-9)16-12(4,5)11(17)18/h6-7H,1-5H3,(H,17,18)(H2,13,14,15,16). The van der Waals surface area contributed by atoms with E-state index in [1.165, 1.54) is 0 Å². The Kier molecular flexibility index (Phi) is 4.11. The molecule has 0 bridgehead atoms.